The van der Waals surface area contributed by atoms with Crippen molar-refractivity contribution in [3.8, 4) is 11.3 Å². The lowest BCUT2D eigenvalue weighted by Gasteiger charge is -2.15. The molecule has 138 valence electrons. The van der Waals surface area contributed by atoms with E-state index in [1.807, 2.05) is 0 Å². The van der Waals surface area contributed by atoms with Crippen molar-refractivity contribution >= 4 is 34.8 Å². The number of benzene rings is 2. The van der Waals surface area contributed by atoms with Crippen LogP contribution < -0.4 is 11.0 Å². The molecule has 0 saturated heterocycles. The molecule has 0 saturated carbocycles. The maximum absolute atomic E-state index is 12.5. The summed E-state index contributed by atoms with van der Waals surface area (Å²) in [7, 11) is 0. The Kier molecular flexibility index (Phi) is 5.58. The molecular weight excluding hydrogens is 387 g/mol. The number of anilines is 1. The third-order valence-corrected chi connectivity index (χ3v) is 4.79. The van der Waals surface area contributed by atoms with E-state index in [-0.39, 0.29) is 0 Å². The van der Waals surface area contributed by atoms with Crippen molar-refractivity contribution in [1.82, 2.24) is 14.8 Å². The van der Waals surface area contributed by atoms with Crippen LogP contribution in [-0.4, -0.2) is 20.7 Å². The van der Waals surface area contributed by atoms with Crippen LogP contribution in [0.1, 0.15) is 18.5 Å². The Morgan fingerprint density at radius 2 is 1.85 bits per heavy atom. The minimum atomic E-state index is -0.845. The third kappa shape index (κ3) is 4.18. The molecule has 0 aliphatic heterocycles. The minimum Gasteiger partial charge on any atom is -0.324 e. The normalized spacial score (nSPS) is 11.9. The van der Waals surface area contributed by atoms with Gasteiger partial charge in [0, 0.05) is 21.3 Å². The molecule has 3 aromatic rings. The molecule has 0 spiro atoms. The summed E-state index contributed by atoms with van der Waals surface area (Å²) in [6, 6.07) is 11.3. The number of hydrogen-bond acceptors (Lipinski definition) is 4. The van der Waals surface area contributed by atoms with Gasteiger partial charge in [0.1, 0.15) is 6.04 Å². The van der Waals surface area contributed by atoms with Crippen molar-refractivity contribution in [3.05, 3.63) is 74.8 Å². The monoisotopic (exact) mass is 402 g/mol. The Bertz CT molecular complexity index is 1050. The molecule has 3 rings (SSSR count). The number of nitrogens with one attached hydrogen (secondary N) is 1. The predicted molar refractivity (Wildman–Crippen MR) is 106 cm³/mol. The first kappa shape index (κ1) is 19.1. The smallest absolute Gasteiger partial charge is 0.324 e. The van der Waals surface area contributed by atoms with Gasteiger partial charge in [-0.25, -0.2) is 9.48 Å². The van der Waals surface area contributed by atoms with E-state index in [0.29, 0.717) is 27.0 Å². The van der Waals surface area contributed by atoms with E-state index in [0.717, 1.165) is 10.2 Å². The van der Waals surface area contributed by atoms with Crippen LogP contribution >= 0.6 is 23.2 Å². The first-order valence-electron chi connectivity index (χ1n) is 8.14. The van der Waals surface area contributed by atoms with Crippen LogP contribution in [-0.2, 0) is 4.79 Å². The van der Waals surface area contributed by atoms with Gasteiger partial charge < -0.3 is 5.32 Å². The predicted octanol–water partition coefficient (Wildman–Crippen LogP) is 4.12. The van der Waals surface area contributed by atoms with Gasteiger partial charge in [-0.15, -0.1) is 0 Å². The molecule has 8 heteroatoms. The number of carbonyl (C=O) groups is 1. The lowest BCUT2D eigenvalue weighted by Crippen LogP contribution is -2.35. The van der Waals surface area contributed by atoms with Crippen LogP contribution in [0.4, 0.5) is 5.69 Å². The van der Waals surface area contributed by atoms with E-state index in [1.54, 1.807) is 56.3 Å². The summed E-state index contributed by atoms with van der Waals surface area (Å²) in [6.07, 6.45) is 1.44. The van der Waals surface area contributed by atoms with Gasteiger partial charge in [0.05, 0.1) is 11.9 Å². The van der Waals surface area contributed by atoms with E-state index in [9.17, 15) is 9.59 Å². The second-order valence-electron chi connectivity index (χ2n) is 5.95. The number of aromatic nitrogens is 3. The van der Waals surface area contributed by atoms with Crippen LogP contribution in [0.5, 0.6) is 0 Å². The highest BCUT2D eigenvalue weighted by molar-refractivity contribution is 6.31. The zero-order valence-corrected chi connectivity index (χ0v) is 16.1. The fourth-order valence-corrected chi connectivity index (χ4v) is 2.77. The van der Waals surface area contributed by atoms with Crippen LogP contribution in [0.25, 0.3) is 11.3 Å². The van der Waals surface area contributed by atoms with Gasteiger partial charge in [0.25, 0.3) is 0 Å². The van der Waals surface area contributed by atoms with Gasteiger partial charge in [0.15, 0.2) is 0 Å². The minimum absolute atomic E-state index is 0.393. The van der Waals surface area contributed by atoms with Crippen molar-refractivity contribution < 1.29 is 4.79 Å². The fraction of sp³-hybridized carbons (Fsp3) is 0.158. The molecule has 1 atom stereocenters. The Balaban J connectivity index is 1.83. The van der Waals surface area contributed by atoms with Crippen LogP contribution in [0.3, 0.4) is 0 Å². The SMILES string of the molecule is Cc1c(Cl)cccc1NC(=O)C(C)n1ncc(-c2ccc(Cl)cc2)nc1=O. The molecule has 27 heavy (non-hydrogen) atoms. The Labute approximate surface area is 165 Å². The van der Waals surface area contributed by atoms with Crippen molar-refractivity contribution in [2.75, 3.05) is 5.32 Å². The van der Waals surface area contributed by atoms with Gasteiger partial charge in [-0.3, -0.25) is 4.79 Å². The standard InChI is InChI=1S/C19H16Cl2N4O2/c1-11-15(21)4-3-5-16(11)23-18(26)12(2)25-19(27)24-17(10-22-25)13-6-8-14(20)9-7-13/h3-10,12H,1-2H3,(H,23,26). The lowest BCUT2D eigenvalue weighted by atomic mass is 10.2. The average Bonchev–Trinajstić information content (AvgIpc) is 2.65. The molecule has 1 heterocycles. The molecule has 1 aromatic heterocycles. The molecule has 2 aromatic carbocycles. The Morgan fingerprint density at radius 3 is 2.52 bits per heavy atom. The maximum atomic E-state index is 12.5. The summed E-state index contributed by atoms with van der Waals surface area (Å²) in [6.45, 7) is 3.38. The maximum Gasteiger partial charge on any atom is 0.365 e. The van der Waals surface area contributed by atoms with Crippen LogP contribution in [0, 0.1) is 6.92 Å². The van der Waals surface area contributed by atoms with Crippen molar-refractivity contribution in [3.63, 3.8) is 0 Å². The quantitative estimate of drug-likeness (QED) is 0.711. The second-order valence-corrected chi connectivity index (χ2v) is 6.80. The van der Waals surface area contributed by atoms with Crippen LogP contribution in [0.15, 0.2) is 53.5 Å². The molecule has 1 amide bonds. The molecule has 1 N–H and O–H groups in total. The largest absolute Gasteiger partial charge is 0.365 e. The van der Waals surface area contributed by atoms with Gasteiger partial charge in [-0.1, -0.05) is 41.4 Å². The third-order valence-electron chi connectivity index (χ3n) is 4.13. The van der Waals surface area contributed by atoms with Gasteiger partial charge in [-0.2, -0.15) is 10.1 Å². The number of hydrogen-bond donors (Lipinski definition) is 1. The summed E-state index contributed by atoms with van der Waals surface area (Å²) in [5, 5.41) is 8.00. The number of carbonyl (C=O) groups excluding carboxylic acids is 1. The van der Waals surface area contributed by atoms with Gasteiger partial charge in [0.2, 0.25) is 5.91 Å². The summed E-state index contributed by atoms with van der Waals surface area (Å²) in [5.41, 5.74) is 1.83. The topological polar surface area (TPSA) is 76.9 Å². The van der Waals surface area contributed by atoms with Crippen molar-refractivity contribution in [2.24, 2.45) is 0 Å². The zero-order valence-electron chi connectivity index (χ0n) is 14.6. The summed E-state index contributed by atoms with van der Waals surface area (Å²) < 4.78 is 1.04. The summed E-state index contributed by atoms with van der Waals surface area (Å²) in [5.74, 6) is -0.393. The molecule has 0 fully saturated rings. The summed E-state index contributed by atoms with van der Waals surface area (Å²) >= 11 is 11.9. The van der Waals surface area contributed by atoms with E-state index in [2.05, 4.69) is 15.4 Å². The van der Waals surface area contributed by atoms with Crippen molar-refractivity contribution in [1.29, 1.82) is 0 Å². The number of nitrogens with zero attached hydrogens (tertiary/aromatic N) is 3. The first-order chi connectivity index (χ1) is 12.9. The molecular formula is C19H16Cl2N4O2. The highest BCUT2D eigenvalue weighted by atomic mass is 35.5. The second kappa shape index (κ2) is 7.90. The van der Waals surface area contributed by atoms with Gasteiger partial charge >= 0.3 is 5.69 Å². The molecule has 1 unspecified atom stereocenters. The number of amides is 1. The Morgan fingerprint density at radius 1 is 1.15 bits per heavy atom. The first-order valence-corrected chi connectivity index (χ1v) is 8.90. The van der Waals surface area contributed by atoms with E-state index < -0.39 is 17.6 Å². The molecule has 0 aliphatic rings. The molecule has 0 aliphatic carbocycles. The number of rotatable bonds is 4. The highest BCUT2D eigenvalue weighted by Gasteiger charge is 2.19. The molecule has 0 radical (unpaired) electrons. The highest BCUT2D eigenvalue weighted by Crippen LogP contribution is 2.23. The zero-order chi connectivity index (χ0) is 19.6. The Hall–Kier alpha value is -2.70. The van der Waals surface area contributed by atoms with Crippen LogP contribution in [0.2, 0.25) is 10.0 Å². The summed E-state index contributed by atoms with van der Waals surface area (Å²) in [4.78, 5) is 28.9. The van der Waals surface area contributed by atoms with E-state index in [4.69, 9.17) is 23.2 Å². The van der Waals surface area contributed by atoms with E-state index in [1.165, 1.54) is 6.20 Å². The molecule has 6 nitrogen and oxygen atoms in total. The van der Waals surface area contributed by atoms with E-state index >= 15 is 0 Å². The van der Waals surface area contributed by atoms with Gasteiger partial charge in [-0.05, 0) is 43.7 Å². The number of halogens is 2. The molecule has 0 bridgehead atoms. The average molecular weight is 403 g/mol. The fourth-order valence-electron chi connectivity index (χ4n) is 2.47. The lowest BCUT2D eigenvalue weighted by molar-refractivity contribution is -0.119. The van der Waals surface area contributed by atoms with Crippen molar-refractivity contribution in [2.45, 2.75) is 19.9 Å².